The van der Waals surface area contributed by atoms with Gasteiger partial charge in [-0.15, -0.1) is 0 Å². The Bertz CT molecular complexity index is 501. The van der Waals surface area contributed by atoms with Gasteiger partial charge in [0.1, 0.15) is 5.60 Å². The van der Waals surface area contributed by atoms with Crippen LogP contribution in [0.5, 0.6) is 0 Å². The Labute approximate surface area is 112 Å². The van der Waals surface area contributed by atoms with Crippen molar-refractivity contribution in [3.05, 3.63) is 35.4 Å². The van der Waals surface area contributed by atoms with E-state index in [1.54, 1.807) is 6.92 Å². The largest absolute Gasteiger partial charge is 0.383 e. The maximum atomic E-state index is 11.5. The molecule has 0 fully saturated rings. The molecule has 19 heavy (non-hydrogen) atoms. The zero-order valence-corrected chi connectivity index (χ0v) is 10.9. The van der Waals surface area contributed by atoms with Gasteiger partial charge < -0.3 is 15.7 Å². The first-order valence-corrected chi connectivity index (χ1v) is 6.43. The fourth-order valence-electron chi connectivity index (χ4n) is 2.40. The van der Waals surface area contributed by atoms with Crippen molar-refractivity contribution in [2.24, 2.45) is 0 Å². The second kappa shape index (κ2) is 5.40. The van der Waals surface area contributed by atoms with Gasteiger partial charge >= 0.3 is 11.8 Å². The van der Waals surface area contributed by atoms with Gasteiger partial charge in [0.2, 0.25) is 0 Å². The molecule has 5 heteroatoms. The van der Waals surface area contributed by atoms with Crippen molar-refractivity contribution >= 4 is 11.8 Å². The molecule has 0 saturated heterocycles. The summed E-state index contributed by atoms with van der Waals surface area (Å²) in [6.07, 6.45) is 1.34. The van der Waals surface area contributed by atoms with Crippen LogP contribution in [0.15, 0.2) is 24.3 Å². The number of hydrogen-bond donors (Lipinski definition) is 3. The molecule has 0 aliphatic heterocycles. The fourth-order valence-corrected chi connectivity index (χ4v) is 2.40. The van der Waals surface area contributed by atoms with Gasteiger partial charge in [-0.25, -0.2) is 0 Å². The van der Waals surface area contributed by atoms with Crippen molar-refractivity contribution in [1.82, 2.24) is 10.6 Å². The Balaban J connectivity index is 2.01. The minimum absolute atomic E-state index is 0.0555. The molecular weight excluding hydrogens is 244 g/mol. The number of hydrogen-bond acceptors (Lipinski definition) is 3. The minimum Gasteiger partial charge on any atom is -0.383 e. The summed E-state index contributed by atoms with van der Waals surface area (Å²) in [7, 11) is 0. The second-order valence-electron chi connectivity index (χ2n) is 4.73. The van der Waals surface area contributed by atoms with Crippen molar-refractivity contribution in [1.29, 1.82) is 0 Å². The van der Waals surface area contributed by atoms with E-state index in [-0.39, 0.29) is 6.54 Å². The van der Waals surface area contributed by atoms with Gasteiger partial charge in [0.15, 0.2) is 0 Å². The van der Waals surface area contributed by atoms with Crippen LogP contribution in [0.4, 0.5) is 0 Å². The van der Waals surface area contributed by atoms with Crippen molar-refractivity contribution < 1.29 is 14.7 Å². The number of benzene rings is 1. The first-order valence-electron chi connectivity index (χ1n) is 6.43. The van der Waals surface area contributed by atoms with Gasteiger partial charge in [0.25, 0.3) is 0 Å². The van der Waals surface area contributed by atoms with E-state index < -0.39 is 17.4 Å². The predicted octanol–water partition coefficient (Wildman–Crippen LogP) is 0.0727. The maximum Gasteiger partial charge on any atom is 0.309 e. The van der Waals surface area contributed by atoms with E-state index in [2.05, 4.69) is 10.6 Å². The monoisotopic (exact) mass is 262 g/mol. The average Bonchev–Trinajstić information content (AvgIpc) is 2.75. The molecular formula is C14H18N2O3. The molecule has 1 unspecified atom stereocenters. The lowest BCUT2D eigenvalue weighted by molar-refractivity contribution is -0.139. The van der Waals surface area contributed by atoms with Crippen LogP contribution in [0.2, 0.25) is 0 Å². The summed E-state index contributed by atoms with van der Waals surface area (Å²) in [6.45, 7) is 2.20. The molecule has 0 radical (unpaired) electrons. The summed E-state index contributed by atoms with van der Waals surface area (Å²) in [5.41, 5.74) is 0.863. The molecule has 0 aromatic heterocycles. The van der Waals surface area contributed by atoms with Crippen molar-refractivity contribution in [2.45, 2.75) is 25.4 Å². The lowest BCUT2D eigenvalue weighted by Gasteiger charge is -2.24. The van der Waals surface area contributed by atoms with E-state index >= 15 is 0 Å². The van der Waals surface area contributed by atoms with Gasteiger partial charge in [0.05, 0.1) is 6.54 Å². The van der Waals surface area contributed by atoms with Crippen LogP contribution in [-0.2, 0) is 21.6 Å². The number of fused-ring (bicyclic) bond motifs is 1. The van der Waals surface area contributed by atoms with Crippen LogP contribution in [-0.4, -0.2) is 30.0 Å². The third-order valence-electron chi connectivity index (χ3n) is 3.41. The number of carbonyl (C=O) groups is 2. The number of nitrogens with one attached hydrogen (secondary N) is 2. The summed E-state index contributed by atoms with van der Waals surface area (Å²) in [6, 6.07) is 7.62. The zero-order chi connectivity index (χ0) is 13.9. The highest BCUT2D eigenvalue weighted by molar-refractivity contribution is 6.35. The SMILES string of the molecule is CCNC(=O)C(=O)NCC1(O)CCc2ccccc21. The lowest BCUT2D eigenvalue weighted by atomic mass is 9.96. The van der Waals surface area contributed by atoms with Gasteiger partial charge in [-0.3, -0.25) is 9.59 Å². The quantitative estimate of drug-likeness (QED) is 0.675. The predicted molar refractivity (Wildman–Crippen MR) is 70.4 cm³/mol. The lowest BCUT2D eigenvalue weighted by Crippen LogP contribution is -2.45. The summed E-state index contributed by atoms with van der Waals surface area (Å²) in [5, 5.41) is 15.5. The highest BCUT2D eigenvalue weighted by Gasteiger charge is 2.36. The van der Waals surface area contributed by atoms with Gasteiger partial charge in [-0.2, -0.15) is 0 Å². The normalized spacial score (nSPS) is 20.7. The first-order chi connectivity index (χ1) is 9.07. The number of carbonyl (C=O) groups excluding carboxylic acids is 2. The molecule has 1 aromatic rings. The van der Waals surface area contributed by atoms with E-state index in [0.29, 0.717) is 13.0 Å². The van der Waals surface area contributed by atoms with E-state index in [4.69, 9.17) is 0 Å². The Morgan fingerprint density at radius 3 is 2.68 bits per heavy atom. The van der Waals surface area contributed by atoms with Gasteiger partial charge in [-0.05, 0) is 30.9 Å². The van der Waals surface area contributed by atoms with Crippen LogP contribution >= 0.6 is 0 Å². The number of aryl methyl sites for hydroxylation is 1. The standard InChI is InChI=1S/C14H18N2O3/c1-2-15-12(17)13(18)16-9-14(19)8-7-10-5-3-4-6-11(10)14/h3-6,19H,2,7-9H2,1H3,(H,15,17)(H,16,18). The molecule has 0 heterocycles. The Hall–Kier alpha value is -1.88. The van der Waals surface area contributed by atoms with Crippen molar-refractivity contribution in [3.8, 4) is 0 Å². The highest BCUT2D eigenvalue weighted by atomic mass is 16.3. The second-order valence-corrected chi connectivity index (χ2v) is 4.73. The summed E-state index contributed by atoms with van der Waals surface area (Å²) in [5.74, 6) is -1.38. The summed E-state index contributed by atoms with van der Waals surface area (Å²) >= 11 is 0. The van der Waals surface area contributed by atoms with Gasteiger partial charge in [0, 0.05) is 6.54 Å². The first kappa shape index (κ1) is 13.5. The van der Waals surface area contributed by atoms with E-state index in [0.717, 1.165) is 17.5 Å². The van der Waals surface area contributed by atoms with Crippen molar-refractivity contribution in [2.75, 3.05) is 13.1 Å². The number of aliphatic hydroxyl groups is 1. The molecule has 2 amide bonds. The van der Waals surface area contributed by atoms with Crippen LogP contribution in [0.3, 0.4) is 0 Å². The van der Waals surface area contributed by atoms with Crippen LogP contribution < -0.4 is 10.6 Å². The molecule has 5 nitrogen and oxygen atoms in total. The average molecular weight is 262 g/mol. The highest BCUT2D eigenvalue weighted by Crippen LogP contribution is 2.35. The third kappa shape index (κ3) is 2.76. The molecule has 102 valence electrons. The fraction of sp³-hybridized carbons (Fsp3) is 0.429. The smallest absolute Gasteiger partial charge is 0.309 e. The van der Waals surface area contributed by atoms with Crippen molar-refractivity contribution in [3.63, 3.8) is 0 Å². The van der Waals surface area contributed by atoms with Crippen LogP contribution in [0, 0.1) is 0 Å². The van der Waals surface area contributed by atoms with Crippen LogP contribution in [0.25, 0.3) is 0 Å². The number of amides is 2. The molecule has 0 spiro atoms. The molecule has 1 aliphatic carbocycles. The number of likely N-dealkylation sites (N-methyl/N-ethyl adjacent to an activating group) is 1. The Morgan fingerprint density at radius 2 is 1.95 bits per heavy atom. The molecule has 3 N–H and O–H groups in total. The van der Waals surface area contributed by atoms with E-state index in [1.807, 2.05) is 24.3 Å². The number of rotatable bonds is 3. The molecule has 1 aromatic carbocycles. The van der Waals surface area contributed by atoms with Gasteiger partial charge in [-0.1, -0.05) is 24.3 Å². The molecule has 1 atom stereocenters. The van der Waals surface area contributed by atoms with Crippen LogP contribution in [0.1, 0.15) is 24.5 Å². The Morgan fingerprint density at radius 1 is 1.26 bits per heavy atom. The summed E-state index contributed by atoms with van der Waals surface area (Å²) in [4.78, 5) is 22.8. The summed E-state index contributed by atoms with van der Waals surface area (Å²) < 4.78 is 0. The Kier molecular flexibility index (Phi) is 3.85. The zero-order valence-electron chi connectivity index (χ0n) is 10.9. The minimum atomic E-state index is -1.07. The molecule has 0 saturated carbocycles. The molecule has 1 aliphatic rings. The van der Waals surface area contributed by atoms with E-state index in [9.17, 15) is 14.7 Å². The molecule has 0 bridgehead atoms. The third-order valence-corrected chi connectivity index (χ3v) is 3.41. The maximum absolute atomic E-state index is 11.5. The molecule has 2 rings (SSSR count). The van der Waals surface area contributed by atoms with E-state index in [1.165, 1.54) is 0 Å². The topological polar surface area (TPSA) is 78.4 Å².